The summed E-state index contributed by atoms with van der Waals surface area (Å²) in [5.41, 5.74) is 0.837. The number of hydrogen-bond acceptors (Lipinski definition) is 5. The lowest BCUT2D eigenvalue weighted by Crippen LogP contribution is -2.23. The lowest BCUT2D eigenvalue weighted by atomic mass is 10.1. The molecule has 0 aliphatic heterocycles. The minimum absolute atomic E-state index is 0.0814. The normalized spacial score (nSPS) is 11.1. The molecule has 0 saturated carbocycles. The number of carbonyl (C=O) groups excluding carboxylic acids is 1. The van der Waals surface area contributed by atoms with E-state index in [1.807, 2.05) is 20.8 Å². The molecule has 0 unspecified atom stereocenters. The third kappa shape index (κ3) is 3.10. The van der Waals surface area contributed by atoms with Crippen LogP contribution in [0.25, 0.3) is 10.9 Å². The summed E-state index contributed by atoms with van der Waals surface area (Å²) in [7, 11) is 1.33. The zero-order chi connectivity index (χ0) is 15.6. The van der Waals surface area contributed by atoms with Gasteiger partial charge in [-0.2, -0.15) is 0 Å². The number of ether oxygens (including phenoxy) is 1. The van der Waals surface area contributed by atoms with E-state index in [-0.39, 0.29) is 5.56 Å². The number of hydrogen-bond donors (Lipinski definition) is 0. The molecule has 1 aromatic carbocycles. The van der Waals surface area contributed by atoms with E-state index in [9.17, 15) is 9.59 Å². The van der Waals surface area contributed by atoms with Gasteiger partial charge in [0.2, 0.25) is 0 Å². The van der Waals surface area contributed by atoms with Gasteiger partial charge in [0.1, 0.15) is 0 Å². The molecule has 2 rings (SSSR count). The summed E-state index contributed by atoms with van der Waals surface area (Å²) in [6, 6.07) is 4.83. The molecule has 1 aromatic heterocycles. The smallest absolute Gasteiger partial charge is 0.337 e. The first-order valence-electron chi connectivity index (χ1n) is 6.77. The lowest BCUT2D eigenvalue weighted by Gasteiger charge is -2.13. The molecule has 0 aliphatic rings. The fourth-order valence-electron chi connectivity index (χ4n) is 2.03. The molecule has 1 heterocycles. The van der Waals surface area contributed by atoms with Crippen LogP contribution in [0.3, 0.4) is 0 Å². The minimum Gasteiger partial charge on any atom is -0.465 e. The Labute approximate surface area is 127 Å². The van der Waals surface area contributed by atoms with Crippen LogP contribution in [0.15, 0.2) is 28.2 Å². The first kappa shape index (κ1) is 15.6. The number of nitrogens with zero attached hydrogens (tertiary/aromatic N) is 2. The van der Waals surface area contributed by atoms with Crippen molar-refractivity contribution < 1.29 is 9.53 Å². The molecule has 112 valence electrons. The first-order valence-corrected chi connectivity index (χ1v) is 7.65. The number of methoxy groups -OCH3 is 1. The van der Waals surface area contributed by atoms with E-state index in [0.717, 1.165) is 0 Å². The molecule has 0 atom stereocenters. The Balaban J connectivity index is 2.68. The van der Waals surface area contributed by atoms with Crippen molar-refractivity contribution in [3.63, 3.8) is 0 Å². The van der Waals surface area contributed by atoms with Crippen LogP contribution in [-0.4, -0.2) is 27.9 Å². The average Bonchev–Trinajstić information content (AvgIpc) is 2.45. The highest BCUT2D eigenvalue weighted by molar-refractivity contribution is 7.99. The van der Waals surface area contributed by atoms with Crippen LogP contribution in [0.4, 0.5) is 0 Å². The summed E-state index contributed by atoms with van der Waals surface area (Å²) in [4.78, 5) is 28.6. The van der Waals surface area contributed by atoms with Gasteiger partial charge < -0.3 is 4.74 Å². The predicted octanol–water partition coefficient (Wildman–Crippen LogP) is 2.70. The van der Waals surface area contributed by atoms with Crippen molar-refractivity contribution in [1.29, 1.82) is 0 Å². The molecule has 2 aromatic rings. The fraction of sp³-hybridized carbons (Fsp3) is 0.400. The van der Waals surface area contributed by atoms with Gasteiger partial charge in [-0.25, -0.2) is 9.78 Å². The summed E-state index contributed by atoms with van der Waals surface area (Å²) < 4.78 is 6.36. The molecular formula is C15H18N2O3S. The van der Waals surface area contributed by atoms with E-state index in [2.05, 4.69) is 4.98 Å². The SMILES string of the molecule is CCn1c(SC(C)C)nc2cc(C(=O)OC)ccc2c1=O. The van der Waals surface area contributed by atoms with Gasteiger partial charge in [-0.15, -0.1) is 0 Å². The van der Waals surface area contributed by atoms with Gasteiger partial charge in [-0.05, 0) is 25.1 Å². The van der Waals surface area contributed by atoms with Crippen LogP contribution in [0.2, 0.25) is 0 Å². The molecule has 0 fully saturated rings. The van der Waals surface area contributed by atoms with E-state index >= 15 is 0 Å². The Morgan fingerprint density at radius 3 is 2.71 bits per heavy atom. The van der Waals surface area contributed by atoms with Gasteiger partial charge in [0.25, 0.3) is 5.56 Å². The second kappa shape index (κ2) is 6.30. The van der Waals surface area contributed by atoms with Gasteiger partial charge in [0.05, 0.1) is 23.6 Å². The Kier molecular flexibility index (Phi) is 4.67. The maximum Gasteiger partial charge on any atom is 0.337 e. The summed E-state index contributed by atoms with van der Waals surface area (Å²) in [5.74, 6) is -0.434. The molecule has 0 spiro atoms. The summed E-state index contributed by atoms with van der Waals surface area (Å²) in [6.07, 6.45) is 0. The quantitative estimate of drug-likeness (QED) is 0.494. The van der Waals surface area contributed by atoms with Crippen molar-refractivity contribution in [2.45, 2.75) is 37.7 Å². The molecule has 5 nitrogen and oxygen atoms in total. The van der Waals surface area contributed by atoms with Gasteiger partial charge in [-0.3, -0.25) is 9.36 Å². The first-order chi connectivity index (χ1) is 9.97. The van der Waals surface area contributed by atoms with E-state index in [1.165, 1.54) is 18.9 Å². The number of esters is 1. The Bertz CT molecular complexity index is 738. The minimum atomic E-state index is -0.434. The summed E-state index contributed by atoms with van der Waals surface area (Å²) in [5, 5.41) is 1.50. The van der Waals surface area contributed by atoms with Crippen LogP contribution in [0.1, 0.15) is 31.1 Å². The fourth-order valence-corrected chi connectivity index (χ4v) is 2.94. The molecule has 0 aliphatic carbocycles. The van der Waals surface area contributed by atoms with E-state index in [4.69, 9.17) is 4.74 Å². The van der Waals surface area contributed by atoms with Gasteiger partial charge in [-0.1, -0.05) is 25.6 Å². The predicted molar refractivity (Wildman–Crippen MR) is 84.0 cm³/mol. The van der Waals surface area contributed by atoms with Crippen molar-refractivity contribution in [1.82, 2.24) is 9.55 Å². The van der Waals surface area contributed by atoms with Crippen molar-refractivity contribution in [2.75, 3.05) is 7.11 Å². The monoisotopic (exact) mass is 306 g/mol. The summed E-state index contributed by atoms with van der Waals surface area (Å²) >= 11 is 1.53. The molecule has 21 heavy (non-hydrogen) atoms. The van der Waals surface area contributed by atoms with Crippen molar-refractivity contribution in [3.05, 3.63) is 34.1 Å². The van der Waals surface area contributed by atoms with Crippen LogP contribution in [0.5, 0.6) is 0 Å². The van der Waals surface area contributed by atoms with Gasteiger partial charge in [0.15, 0.2) is 5.16 Å². The number of carbonyl (C=O) groups is 1. The van der Waals surface area contributed by atoms with E-state index in [0.29, 0.717) is 33.4 Å². The third-order valence-corrected chi connectivity index (χ3v) is 3.99. The van der Waals surface area contributed by atoms with Crippen LogP contribution in [-0.2, 0) is 11.3 Å². The lowest BCUT2D eigenvalue weighted by molar-refractivity contribution is 0.0601. The van der Waals surface area contributed by atoms with E-state index < -0.39 is 5.97 Å². The highest BCUT2D eigenvalue weighted by Gasteiger charge is 2.14. The number of benzene rings is 1. The van der Waals surface area contributed by atoms with Crippen LogP contribution >= 0.6 is 11.8 Å². The maximum atomic E-state index is 12.5. The second-order valence-electron chi connectivity index (χ2n) is 4.83. The number of fused-ring (bicyclic) bond motifs is 1. The molecular weight excluding hydrogens is 288 g/mol. The third-order valence-electron chi connectivity index (χ3n) is 3.00. The standard InChI is InChI=1S/C15H18N2O3S/c1-5-17-13(18)11-7-6-10(14(19)20-4)8-12(11)16-15(17)21-9(2)3/h6-9H,5H2,1-4H3. The largest absolute Gasteiger partial charge is 0.465 e. The topological polar surface area (TPSA) is 61.2 Å². The number of rotatable bonds is 4. The number of aromatic nitrogens is 2. The molecule has 0 saturated heterocycles. The van der Waals surface area contributed by atoms with Crippen molar-refractivity contribution in [2.24, 2.45) is 0 Å². The molecule has 0 bridgehead atoms. The molecule has 0 radical (unpaired) electrons. The van der Waals surface area contributed by atoms with Crippen LogP contribution in [0, 0.1) is 0 Å². The number of thioether (sulfide) groups is 1. The average molecular weight is 306 g/mol. The van der Waals surface area contributed by atoms with E-state index in [1.54, 1.807) is 22.8 Å². The Morgan fingerprint density at radius 1 is 1.43 bits per heavy atom. The van der Waals surface area contributed by atoms with Gasteiger partial charge >= 0.3 is 5.97 Å². The highest BCUT2D eigenvalue weighted by Crippen LogP contribution is 2.22. The van der Waals surface area contributed by atoms with Gasteiger partial charge in [0, 0.05) is 11.8 Å². The van der Waals surface area contributed by atoms with Crippen LogP contribution < -0.4 is 5.56 Å². The molecule has 6 heteroatoms. The highest BCUT2D eigenvalue weighted by atomic mass is 32.2. The zero-order valence-electron chi connectivity index (χ0n) is 12.5. The Hall–Kier alpha value is -1.82. The second-order valence-corrected chi connectivity index (χ2v) is 6.38. The molecule has 0 N–H and O–H groups in total. The maximum absolute atomic E-state index is 12.5. The van der Waals surface area contributed by atoms with Crippen molar-refractivity contribution in [3.8, 4) is 0 Å². The Morgan fingerprint density at radius 2 is 2.14 bits per heavy atom. The molecule has 0 amide bonds. The zero-order valence-corrected chi connectivity index (χ0v) is 13.4. The van der Waals surface area contributed by atoms with Crippen molar-refractivity contribution >= 4 is 28.6 Å². The summed E-state index contributed by atoms with van der Waals surface area (Å²) in [6.45, 7) is 6.58.